The van der Waals surface area contributed by atoms with E-state index < -0.39 is 20.7 Å². The van der Waals surface area contributed by atoms with Gasteiger partial charge in [-0.2, -0.15) is 0 Å². The summed E-state index contributed by atoms with van der Waals surface area (Å²) in [6.45, 7) is 1.80. The summed E-state index contributed by atoms with van der Waals surface area (Å²) in [4.78, 5) is 3.34. The molecule has 0 radical (unpaired) electrons. The second-order valence-corrected chi connectivity index (χ2v) is 9.73. The summed E-state index contributed by atoms with van der Waals surface area (Å²) in [6.07, 6.45) is 8.40. The van der Waals surface area contributed by atoms with Crippen LogP contribution in [0.25, 0.3) is 0 Å². The summed E-state index contributed by atoms with van der Waals surface area (Å²) < 4.78 is 41.4. The van der Waals surface area contributed by atoms with Crippen LogP contribution in [0.2, 0.25) is 5.02 Å². The Balaban J connectivity index is 1.48. The van der Waals surface area contributed by atoms with Gasteiger partial charge < -0.3 is 10.6 Å². The fraction of sp³-hybridized carbons (Fsp3) is 0.500. The molecule has 1 saturated heterocycles. The lowest BCUT2D eigenvalue weighted by Gasteiger charge is -2.27. The van der Waals surface area contributed by atoms with Crippen molar-refractivity contribution < 1.29 is 12.8 Å². The molecular formula is C18H24ClFN4O2S2. The lowest BCUT2D eigenvalue weighted by atomic mass is 10.00. The van der Waals surface area contributed by atoms with Crippen LogP contribution < -0.4 is 15.4 Å². The van der Waals surface area contributed by atoms with Gasteiger partial charge in [0.2, 0.25) is 0 Å². The van der Waals surface area contributed by atoms with Crippen LogP contribution in [0.1, 0.15) is 38.5 Å². The zero-order chi connectivity index (χ0) is 20.0. The van der Waals surface area contributed by atoms with Crippen molar-refractivity contribution in [3.63, 3.8) is 0 Å². The lowest BCUT2D eigenvalue weighted by Crippen LogP contribution is -2.42. The van der Waals surface area contributed by atoms with Crippen molar-refractivity contribution in [2.75, 3.05) is 23.1 Å². The number of anilines is 2. The van der Waals surface area contributed by atoms with Crippen LogP contribution in [0.4, 0.5) is 15.2 Å². The second-order valence-electron chi connectivity index (χ2n) is 6.77. The van der Waals surface area contributed by atoms with Gasteiger partial charge in [-0.15, -0.1) is 11.3 Å². The number of nitrogens with one attached hydrogen (secondary N) is 3. The maximum atomic E-state index is 14.4. The Morgan fingerprint density at radius 3 is 2.75 bits per heavy atom. The number of hydrogen-bond acceptors (Lipinski definition) is 6. The fourth-order valence-electron chi connectivity index (χ4n) is 3.00. The number of benzene rings is 1. The zero-order valence-electron chi connectivity index (χ0n) is 15.4. The molecule has 0 spiro atoms. The molecule has 10 heteroatoms. The Labute approximate surface area is 174 Å². The van der Waals surface area contributed by atoms with Crippen molar-refractivity contribution >= 4 is 43.8 Å². The third kappa shape index (κ3) is 5.79. The van der Waals surface area contributed by atoms with E-state index in [9.17, 15) is 12.8 Å². The van der Waals surface area contributed by atoms with E-state index in [1.165, 1.54) is 31.9 Å². The van der Waals surface area contributed by atoms with Crippen LogP contribution in [0, 0.1) is 5.82 Å². The summed E-state index contributed by atoms with van der Waals surface area (Å²) in [6, 6.07) is 2.96. The van der Waals surface area contributed by atoms with E-state index >= 15 is 0 Å². The molecule has 1 atom stereocenters. The molecule has 1 fully saturated rings. The lowest BCUT2D eigenvalue weighted by molar-refractivity contribution is 0.339. The van der Waals surface area contributed by atoms with Crippen molar-refractivity contribution in [2.45, 2.75) is 49.5 Å². The fourth-order valence-corrected chi connectivity index (χ4v) is 5.17. The third-order valence-corrected chi connectivity index (χ3v) is 7.17. The van der Waals surface area contributed by atoms with Gasteiger partial charge in [0.1, 0.15) is 10.7 Å². The Kier molecular flexibility index (Phi) is 7.50. The summed E-state index contributed by atoms with van der Waals surface area (Å²) >= 11 is 7.28. The van der Waals surface area contributed by atoms with Gasteiger partial charge in [-0.05, 0) is 37.9 Å². The van der Waals surface area contributed by atoms with Crippen molar-refractivity contribution in [2.24, 2.45) is 0 Å². The van der Waals surface area contributed by atoms with Crippen LogP contribution in [-0.2, 0) is 10.0 Å². The van der Waals surface area contributed by atoms with Crippen LogP contribution in [-0.4, -0.2) is 32.5 Å². The zero-order valence-corrected chi connectivity index (χ0v) is 17.8. The molecule has 2 aromatic rings. The number of unbranched alkanes of at least 4 members (excludes halogenated alkanes) is 3. The maximum Gasteiger partial charge on any atom is 0.266 e. The van der Waals surface area contributed by atoms with Gasteiger partial charge in [-0.1, -0.05) is 30.9 Å². The molecule has 2 heterocycles. The van der Waals surface area contributed by atoms with Crippen LogP contribution in [0.15, 0.2) is 28.6 Å². The number of aromatic nitrogens is 1. The molecule has 1 aliphatic rings. The van der Waals surface area contributed by atoms with E-state index in [0.717, 1.165) is 42.9 Å². The first-order valence-corrected chi connectivity index (χ1v) is 12.1. The molecule has 28 heavy (non-hydrogen) atoms. The van der Waals surface area contributed by atoms with Gasteiger partial charge >= 0.3 is 0 Å². The van der Waals surface area contributed by atoms with Crippen molar-refractivity contribution in [3.05, 3.63) is 34.5 Å². The SMILES string of the molecule is O=S(=O)(Nc1nccs1)c1cc(Cl)c(NCCCCCC[C@@H]2CCN2)cc1F. The predicted octanol–water partition coefficient (Wildman–Crippen LogP) is 4.46. The molecule has 154 valence electrons. The van der Waals surface area contributed by atoms with E-state index in [4.69, 9.17) is 11.6 Å². The van der Waals surface area contributed by atoms with E-state index in [-0.39, 0.29) is 10.2 Å². The Morgan fingerprint density at radius 1 is 1.29 bits per heavy atom. The first-order valence-electron chi connectivity index (χ1n) is 9.34. The minimum absolute atomic E-state index is 0.164. The molecule has 1 aromatic heterocycles. The molecule has 0 amide bonds. The minimum Gasteiger partial charge on any atom is -0.384 e. The molecule has 0 aliphatic carbocycles. The number of rotatable bonds is 11. The average molecular weight is 447 g/mol. The Hall–Kier alpha value is -1.42. The average Bonchev–Trinajstić information content (AvgIpc) is 3.10. The molecule has 6 nitrogen and oxygen atoms in total. The summed E-state index contributed by atoms with van der Waals surface area (Å²) in [7, 11) is -4.09. The molecule has 3 rings (SSSR count). The first kappa shape index (κ1) is 21.3. The van der Waals surface area contributed by atoms with Gasteiger partial charge in [0.15, 0.2) is 5.13 Å². The van der Waals surface area contributed by atoms with Gasteiger partial charge in [-0.25, -0.2) is 17.8 Å². The topological polar surface area (TPSA) is 83.1 Å². The second kappa shape index (κ2) is 9.87. The van der Waals surface area contributed by atoms with Crippen molar-refractivity contribution in [3.8, 4) is 0 Å². The van der Waals surface area contributed by atoms with E-state index in [0.29, 0.717) is 18.3 Å². The van der Waals surface area contributed by atoms with Crippen molar-refractivity contribution in [1.82, 2.24) is 10.3 Å². The summed E-state index contributed by atoms with van der Waals surface area (Å²) in [5, 5.41) is 8.44. The smallest absolute Gasteiger partial charge is 0.266 e. The third-order valence-electron chi connectivity index (χ3n) is 4.69. The molecular weight excluding hydrogens is 423 g/mol. The molecule has 0 saturated carbocycles. The predicted molar refractivity (Wildman–Crippen MR) is 112 cm³/mol. The standard InChI is InChI=1S/C18H24ClFN4O2S2/c19-14-11-17(28(25,26)24-18-23-9-10-27-18)15(20)12-16(14)22-7-4-2-1-3-5-13-6-8-21-13/h9-13,21-22H,1-8H2,(H,23,24)/t13-/m1/s1. The molecule has 1 aliphatic heterocycles. The summed E-state index contributed by atoms with van der Waals surface area (Å²) in [5.74, 6) is -0.857. The van der Waals surface area contributed by atoms with Gasteiger partial charge in [0.25, 0.3) is 10.0 Å². The highest BCUT2D eigenvalue weighted by Crippen LogP contribution is 2.29. The number of halogens is 2. The van der Waals surface area contributed by atoms with Gasteiger partial charge in [0, 0.05) is 24.2 Å². The summed E-state index contributed by atoms with van der Waals surface area (Å²) in [5.41, 5.74) is 0.394. The maximum absolute atomic E-state index is 14.4. The van der Waals surface area contributed by atoms with Crippen LogP contribution >= 0.6 is 22.9 Å². The quantitative estimate of drug-likeness (QED) is 0.444. The number of thiazole rings is 1. The largest absolute Gasteiger partial charge is 0.384 e. The van der Waals surface area contributed by atoms with Gasteiger partial charge in [-0.3, -0.25) is 4.72 Å². The van der Waals surface area contributed by atoms with Gasteiger partial charge in [0.05, 0.1) is 10.7 Å². The molecule has 3 N–H and O–H groups in total. The van der Waals surface area contributed by atoms with E-state index in [2.05, 4.69) is 20.3 Å². The number of sulfonamides is 1. The monoisotopic (exact) mass is 446 g/mol. The van der Waals surface area contributed by atoms with Crippen molar-refractivity contribution in [1.29, 1.82) is 0 Å². The molecule has 0 bridgehead atoms. The highest BCUT2D eigenvalue weighted by atomic mass is 35.5. The first-order chi connectivity index (χ1) is 13.5. The van der Waals surface area contributed by atoms with E-state index in [1.54, 1.807) is 5.38 Å². The number of hydrogen-bond donors (Lipinski definition) is 3. The number of nitrogens with zero attached hydrogens (tertiary/aromatic N) is 1. The molecule has 1 aromatic carbocycles. The van der Waals surface area contributed by atoms with Crippen LogP contribution in [0.3, 0.4) is 0 Å². The molecule has 0 unspecified atom stereocenters. The van der Waals surface area contributed by atoms with E-state index in [1.807, 2.05) is 0 Å². The Morgan fingerprint density at radius 2 is 2.07 bits per heavy atom. The minimum atomic E-state index is -4.09. The Bertz CT molecular complexity index is 874. The van der Waals surface area contributed by atoms with Crippen LogP contribution in [0.5, 0.6) is 0 Å². The normalized spacial score (nSPS) is 16.6. The highest BCUT2D eigenvalue weighted by molar-refractivity contribution is 7.93. The highest BCUT2D eigenvalue weighted by Gasteiger charge is 2.22.